The van der Waals surface area contributed by atoms with Crippen molar-refractivity contribution in [3.8, 4) is 11.5 Å². The minimum absolute atomic E-state index is 0.125. The highest BCUT2D eigenvalue weighted by atomic mass is 16.5. The third-order valence-corrected chi connectivity index (χ3v) is 6.35. The second kappa shape index (κ2) is 11.9. The van der Waals surface area contributed by atoms with E-state index in [0.29, 0.717) is 37.9 Å². The highest BCUT2D eigenvalue weighted by Crippen LogP contribution is 2.40. The summed E-state index contributed by atoms with van der Waals surface area (Å²) in [6.45, 7) is 7.80. The molecule has 1 heterocycles. The van der Waals surface area contributed by atoms with E-state index in [-0.39, 0.29) is 30.9 Å². The van der Waals surface area contributed by atoms with E-state index in [1.165, 1.54) is 0 Å². The maximum Gasteiger partial charge on any atom is 0.307 e. The number of hydrogen-bond acceptors (Lipinski definition) is 6. The van der Waals surface area contributed by atoms with Crippen LogP contribution >= 0.6 is 0 Å². The van der Waals surface area contributed by atoms with Gasteiger partial charge in [0, 0.05) is 23.7 Å². The van der Waals surface area contributed by atoms with Crippen LogP contribution in [0.5, 0.6) is 11.5 Å². The number of carbonyl (C=O) groups excluding carboxylic acids is 2. The Balaban J connectivity index is 1.60. The largest absolute Gasteiger partial charge is 0.490 e. The van der Waals surface area contributed by atoms with Gasteiger partial charge in [-0.2, -0.15) is 0 Å². The summed E-state index contributed by atoms with van der Waals surface area (Å²) in [5, 5.41) is 5.13. The molecule has 0 radical (unpaired) electrons. The molecule has 0 unspecified atom stereocenters. The van der Waals surface area contributed by atoms with E-state index in [0.717, 1.165) is 34.0 Å². The van der Waals surface area contributed by atoms with Gasteiger partial charge in [0.15, 0.2) is 11.5 Å². The number of rotatable bonds is 10. The Morgan fingerprint density at radius 2 is 1.67 bits per heavy atom. The molecule has 0 saturated carbocycles. The number of nitrogens with one attached hydrogen (secondary N) is 1. The molecule has 3 aromatic rings. The molecule has 0 aromatic heterocycles. The van der Waals surface area contributed by atoms with Crippen LogP contribution in [0.2, 0.25) is 0 Å². The average molecular weight is 491 g/mol. The molecule has 0 aliphatic carbocycles. The van der Waals surface area contributed by atoms with Gasteiger partial charge in [0.25, 0.3) is 0 Å². The lowest BCUT2D eigenvalue weighted by molar-refractivity contribution is -0.145. The van der Waals surface area contributed by atoms with Crippen LogP contribution < -0.4 is 14.8 Å². The second-order valence-electron chi connectivity index (χ2n) is 8.68. The highest BCUT2D eigenvalue weighted by Gasteiger charge is 2.32. The molecule has 0 saturated heterocycles. The van der Waals surface area contributed by atoms with Gasteiger partial charge in [-0.3, -0.25) is 14.5 Å². The summed E-state index contributed by atoms with van der Waals surface area (Å²) < 4.78 is 16.9. The zero-order chi connectivity index (χ0) is 25.5. The van der Waals surface area contributed by atoms with Crippen LogP contribution in [0.4, 0.5) is 5.69 Å². The van der Waals surface area contributed by atoms with Gasteiger partial charge in [0.2, 0.25) is 5.91 Å². The maximum absolute atomic E-state index is 13.2. The molecule has 1 N–H and O–H groups in total. The van der Waals surface area contributed by atoms with Gasteiger partial charge >= 0.3 is 5.97 Å². The first kappa shape index (κ1) is 25.5. The molecule has 1 aliphatic rings. The molecular weight excluding hydrogens is 456 g/mol. The molecule has 1 amide bonds. The van der Waals surface area contributed by atoms with Crippen LogP contribution in [-0.4, -0.2) is 49.7 Å². The first-order valence-electron chi connectivity index (χ1n) is 12.6. The summed E-state index contributed by atoms with van der Waals surface area (Å²) in [6, 6.07) is 17.5. The van der Waals surface area contributed by atoms with Crippen LogP contribution in [0.25, 0.3) is 10.8 Å². The van der Waals surface area contributed by atoms with E-state index in [4.69, 9.17) is 14.2 Å². The number of anilines is 1. The van der Waals surface area contributed by atoms with Gasteiger partial charge < -0.3 is 19.5 Å². The van der Waals surface area contributed by atoms with Crippen molar-refractivity contribution >= 4 is 28.3 Å². The summed E-state index contributed by atoms with van der Waals surface area (Å²) in [5.74, 6) is 0.936. The summed E-state index contributed by atoms with van der Waals surface area (Å²) in [7, 11) is 0. The Hall–Kier alpha value is -3.58. The van der Waals surface area contributed by atoms with Crippen LogP contribution in [-0.2, 0) is 20.7 Å². The Morgan fingerprint density at radius 3 is 2.42 bits per heavy atom. The monoisotopic (exact) mass is 490 g/mol. The minimum Gasteiger partial charge on any atom is -0.490 e. The van der Waals surface area contributed by atoms with E-state index in [9.17, 15) is 9.59 Å². The normalized spacial score (nSPS) is 15.2. The molecule has 0 fully saturated rings. The Labute approximate surface area is 212 Å². The summed E-state index contributed by atoms with van der Waals surface area (Å²) in [4.78, 5) is 27.8. The minimum atomic E-state index is -0.305. The molecule has 7 nitrogen and oxygen atoms in total. The number of amides is 1. The van der Waals surface area contributed by atoms with Crippen molar-refractivity contribution in [2.24, 2.45) is 0 Å². The number of esters is 1. The highest BCUT2D eigenvalue weighted by molar-refractivity contribution is 6.02. The molecule has 190 valence electrons. The molecular formula is C29H34N2O5. The SMILES string of the molecule is CCOC(=O)C[C@@H]1c2cc(OCC)c(OCC)cc2CCN1CC(=O)Nc1cccc2ccccc12. The van der Waals surface area contributed by atoms with E-state index in [1.807, 2.05) is 68.4 Å². The van der Waals surface area contributed by atoms with E-state index in [2.05, 4.69) is 10.2 Å². The number of benzene rings is 3. The van der Waals surface area contributed by atoms with Crippen LogP contribution in [0, 0.1) is 0 Å². The maximum atomic E-state index is 13.2. The number of carbonyl (C=O) groups is 2. The molecule has 0 spiro atoms. The fraction of sp³-hybridized carbons (Fsp3) is 0.379. The second-order valence-corrected chi connectivity index (χ2v) is 8.68. The molecule has 3 aromatic carbocycles. The Morgan fingerprint density at radius 1 is 0.944 bits per heavy atom. The standard InChI is InChI=1S/C29H34N2O5/c1-4-34-26-16-21-14-15-31(25(18-29(33)36-6-3)23(21)17-27(26)35-5-2)19-28(32)30-24-13-9-11-20-10-7-8-12-22(20)24/h7-13,16-17,25H,4-6,14-15,18-19H2,1-3H3,(H,30,32)/t25-/m1/s1. The van der Waals surface area contributed by atoms with Gasteiger partial charge in [-0.25, -0.2) is 0 Å². The first-order chi connectivity index (χ1) is 17.5. The third-order valence-electron chi connectivity index (χ3n) is 6.35. The van der Waals surface area contributed by atoms with Crippen LogP contribution in [0.1, 0.15) is 44.4 Å². The van der Waals surface area contributed by atoms with E-state index < -0.39 is 0 Å². The van der Waals surface area contributed by atoms with Crippen molar-refractivity contribution in [2.45, 2.75) is 39.7 Å². The zero-order valence-electron chi connectivity index (χ0n) is 21.2. The molecule has 1 aliphatic heterocycles. The Kier molecular flexibility index (Phi) is 8.44. The average Bonchev–Trinajstić information content (AvgIpc) is 2.87. The smallest absolute Gasteiger partial charge is 0.307 e. The van der Waals surface area contributed by atoms with Gasteiger partial charge in [-0.05, 0) is 61.9 Å². The molecule has 36 heavy (non-hydrogen) atoms. The van der Waals surface area contributed by atoms with Crippen molar-refractivity contribution in [1.82, 2.24) is 4.90 Å². The van der Waals surface area contributed by atoms with Crippen molar-refractivity contribution in [3.05, 3.63) is 65.7 Å². The van der Waals surface area contributed by atoms with Gasteiger partial charge in [0.05, 0.1) is 32.8 Å². The first-order valence-corrected chi connectivity index (χ1v) is 12.6. The van der Waals surface area contributed by atoms with E-state index in [1.54, 1.807) is 6.92 Å². The lowest BCUT2D eigenvalue weighted by Crippen LogP contribution is -2.41. The fourth-order valence-electron chi connectivity index (χ4n) is 4.81. The third kappa shape index (κ3) is 5.79. The predicted molar refractivity (Wildman–Crippen MR) is 141 cm³/mol. The molecule has 4 rings (SSSR count). The molecule has 1 atom stereocenters. The molecule has 0 bridgehead atoms. The predicted octanol–water partition coefficient (Wildman–Crippen LogP) is 5.13. The fourth-order valence-corrected chi connectivity index (χ4v) is 4.81. The number of nitrogens with zero attached hydrogens (tertiary/aromatic N) is 1. The van der Waals surface area contributed by atoms with Gasteiger partial charge in [-0.1, -0.05) is 36.4 Å². The summed E-state index contributed by atoms with van der Waals surface area (Å²) >= 11 is 0. The zero-order valence-corrected chi connectivity index (χ0v) is 21.2. The van der Waals surface area contributed by atoms with Gasteiger partial charge in [0.1, 0.15) is 0 Å². The lowest BCUT2D eigenvalue weighted by Gasteiger charge is -2.37. The quantitative estimate of drug-likeness (QED) is 0.397. The topological polar surface area (TPSA) is 77.1 Å². The van der Waals surface area contributed by atoms with E-state index >= 15 is 0 Å². The van der Waals surface area contributed by atoms with Crippen molar-refractivity contribution in [2.75, 3.05) is 38.2 Å². The number of ether oxygens (including phenoxy) is 3. The van der Waals surface area contributed by atoms with Gasteiger partial charge in [-0.15, -0.1) is 0 Å². The van der Waals surface area contributed by atoms with Crippen molar-refractivity contribution in [1.29, 1.82) is 0 Å². The summed E-state index contributed by atoms with van der Waals surface area (Å²) in [5.41, 5.74) is 2.85. The van der Waals surface area contributed by atoms with Crippen molar-refractivity contribution < 1.29 is 23.8 Å². The number of fused-ring (bicyclic) bond motifs is 2. The number of hydrogen-bond donors (Lipinski definition) is 1. The summed E-state index contributed by atoms with van der Waals surface area (Å²) in [6.07, 6.45) is 0.893. The lowest BCUT2D eigenvalue weighted by atomic mass is 9.90. The van der Waals surface area contributed by atoms with Crippen molar-refractivity contribution in [3.63, 3.8) is 0 Å². The van der Waals surface area contributed by atoms with Crippen LogP contribution in [0.3, 0.4) is 0 Å². The Bertz CT molecular complexity index is 1220. The molecule has 7 heteroatoms. The van der Waals surface area contributed by atoms with Crippen LogP contribution in [0.15, 0.2) is 54.6 Å².